The Labute approximate surface area is 127 Å². The molecule has 0 fully saturated rings. The number of ether oxygens (including phenoxy) is 1. The van der Waals surface area contributed by atoms with Gasteiger partial charge in [-0.3, -0.25) is 0 Å². The summed E-state index contributed by atoms with van der Waals surface area (Å²) in [6.07, 6.45) is 0. The molecule has 0 atom stereocenters. The van der Waals surface area contributed by atoms with Crippen molar-refractivity contribution >= 4 is 23.3 Å². The van der Waals surface area contributed by atoms with Gasteiger partial charge in [-0.2, -0.15) is 0 Å². The Morgan fingerprint density at radius 2 is 2.00 bits per heavy atom. The lowest BCUT2D eigenvalue weighted by Crippen LogP contribution is -2.08. The van der Waals surface area contributed by atoms with Crippen molar-refractivity contribution in [2.45, 2.75) is 20.5 Å². The third kappa shape index (κ3) is 3.52. The van der Waals surface area contributed by atoms with Crippen molar-refractivity contribution in [3.05, 3.63) is 63.4 Å². The molecular formula is C16H15ClFNO2. The number of carbonyl (C=O) groups excluding carboxylic acids is 1. The van der Waals surface area contributed by atoms with E-state index in [4.69, 9.17) is 22.1 Å². The van der Waals surface area contributed by atoms with Crippen LogP contribution in [0.25, 0.3) is 0 Å². The number of carbonyl (C=O) groups is 1. The predicted octanol–water partition coefficient (Wildman–Crippen LogP) is 4.04. The molecule has 2 N–H and O–H groups in total. The number of esters is 1. The lowest BCUT2D eigenvalue weighted by molar-refractivity contribution is 0.0472. The maximum Gasteiger partial charge on any atom is 0.338 e. The zero-order valence-electron chi connectivity index (χ0n) is 11.7. The first-order chi connectivity index (χ1) is 9.88. The second-order valence-electron chi connectivity index (χ2n) is 4.84. The third-order valence-corrected chi connectivity index (χ3v) is 3.54. The lowest BCUT2D eigenvalue weighted by Gasteiger charge is -2.09. The van der Waals surface area contributed by atoms with Gasteiger partial charge in [0.2, 0.25) is 0 Å². The van der Waals surface area contributed by atoms with Gasteiger partial charge in [0, 0.05) is 21.8 Å². The molecule has 0 saturated carbocycles. The average molecular weight is 308 g/mol. The molecule has 0 heterocycles. The molecular weight excluding hydrogens is 293 g/mol. The van der Waals surface area contributed by atoms with Crippen molar-refractivity contribution in [3.63, 3.8) is 0 Å². The number of benzene rings is 2. The van der Waals surface area contributed by atoms with E-state index in [-0.39, 0.29) is 17.9 Å². The molecule has 3 nitrogen and oxygen atoms in total. The van der Waals surface area contributed by atoms with Gasteiger partial charge in [-0.1, -0.05) is 23.7 Å². The van der Waals surface area contributed by atoms with Crippen LogP contribution in [0, 0.1) is 19.7 Å². The van der Waals surface area contributed by atoms with Gasteiger partial charge in [0.25, 0.3) is 0 Å². The van der Waals surface area contributed by atoms with Gasteiger partial charge < -0.3 is 10.5 Å². The molecule has 5 heteroatoms. The van der Waals surface area contributed by atoms with Gasteiger partial charge in [-0.15, -0.1) is 0 Å². The van der Waals surface area contributed by atoms with Crippen LogP contribution in [-0.4, -0.2) is 5.97 Å². The van der Waals surface area contributed by atoms with Crippen LogP contribution in [0.15, 0.2) is 30.3 Å². The van der Waals surface area contributed by atoms with Crippen molar-refractivity contribution < 1.29 is 13.9 Å². The second kappa shape index (κ2) is 6.14. The monoisotopic (exact) mass is 307 g/mol. The summed E-state index contributed by atoms with van der Waals surface area (Å²) in [5.74, 6) is -1.17. The standard InChI is InChI=1S/C16H15ClFNO2/c1-9-3-4-11(13(17)5-9)8-21-16(20)12-6-14(18)10(2)15(19)7-12/h3-7H,8,19H2,1-2H3. The van der Waals surface area contributed by atoms with Gasteiger partial charge >= 0.3 is 5.97 Å². The lowest BCUT2D eigenvalue weighted by atomic mass is 10.1. The minimum Gasteiger partial charge on any atom is -0.457 e. The fourth-order valence-corrected chi connectivity index (χ4v) is 2.10. The molecule has 0 bridgehead atoms. The molecule has 2 rings (SSSR count). The fourth-order valence-electron chi connectivity index (χ4n) is 1.81. The first-order valence-corrected chi connectivity index (χ1v) is 6.74. The van der Waals surface area contributed by atoms with Crippen molar-refractivity contribution in [1.82, 2.24) is 0 Å². The van der Waals surface area contributed by atoms with Crippen LogP contribution >= 0.6 is 11.6 Å². The number of anilines is 1. The Morgan fingerprint density at radius 1 is 1.29 bits per heavy atom. The molecule has 0 aliphatic carbocycles. The normalized spacial score (nSPS) is 10.5. The number of rotatable bonds is 3. The van der Waals surface area contributed by atoms with E-state index in [0.29, 0.717) is 16.1 Å². The molecule has 2 aromatic carbocycles. The smallest absolute Gasteiger partial charge is 0.338 e. The topological polar surface area (TPSA) is 52.3 Å². The molecule has 0 aliphatic rings. The predicted molar refractivity (Wildman–Crippen MR) is 80.9 cm³/mol. The Bertz CT molecular complexity index is 678. The van der Waals surface area contributed by atoms with Crippen LogP contribution in [0.2, 0.25) is 5.02 Å². The molecule has 0 radical (unpaired) electrons. The van der Waals surface area contributed by atoms with E-state index < -0.39 is 11.8 Å². The summed E-state index contributed by atoms with van der Waals surface area (Å²) >= 11 is 6.06. The highest BCUT2D eigenvalue weighted by atomic mass is 35.5. The van der Waals surface area contributed by atoms with Crippen LogP contribution in [-0.2, 0) is 11.3 Å². The van der Waals surface area contributed by atoms with Gasteiger partial charge in [-0.25, -0.2) is 9.18 Å². The molecule has 0 amide bonds. The summed E-state index contributed by atoms with van der Waals surface area (Å²) in [5.41, 5.74) is 7.96. The zero-order chi connectivity index (χ0) is 15.6. The number of hydrogen-bond donors (Lipinski definition) is 1. The first-order valence-electron chi connectivity index (χ1n) is 6.36. The summed E-state index contributed by atoms with van der Waals surface area (Å²) < 4.78 is 18.7. The molecule has 2 aromatic rings. The highest BCUT2D eigenvalue weighted by Gasteiger charge is 2.13. The van der Waals surface area contributed by atoms with Gasteiger partial charge in [-0.05, 0) is 37.6 Å². The van der Waals surface area contributed by atoms with E-state index in [1.165, 1.54) is 6.07 Å². The maximum atomic E-state index is 13.6. The molecule has 110 valence electrons. The Balaban J connectivity index is 2.12. The number of halogens is 2. The van der Waals surface area contributed by atoms with Crippen LogP contribution in [0.1, 0.15) is 27.0 Å². The second-order valence-corrected chi connectivity index (χ2v) is 5.25. The SMILES string of the molecule is Cc1ccc(COC(=O)c2cc(N)c(C)c(F)c2)c(Cl)c1. The van der Waals surface area contributed by atoms with Crippen LogP contribution < -0.4 is 5.73 Å². The summed E-state index contributed by atoms with van der Waals surface area (Å²) in [5, 5.41) is 0.525. The summed E-state index contributed by atoms with van der Waals surface area (Å²) in [6.45, 7) is 3.48. The Morgan fingerprint density at radius 3 is 2.62 bits per heavy atom. The number of nitrogens with two attached hydrogens (primary N) is 1. The van der Waals surface area contributed by atoms with E-state index >= 15 is 0 Å². The van der Waals surface area contributed by atoms with Crippen LogP contribution in [0.3, 0.4) is 0 Å². The van der Waals surface area contributed by atoms with E-state index in [0.717, 1.165) is 11.6 Å². The molecule has 0 unspecified atom stereocenters. The Hall–Kier alpha value is -2.07. The van der Waals surface area contributed by atoms with E-state index in [1.54, 1.807) is 19.1 Å². The fraction of sp³-hybridized carbons (Fsp3) is 0.188. The molecule has 0 aromatic heterocycles. The van der Waals surface area contributed by atoms with Crippen molar-refractivity contribution in [1.29, 1.82) is 0 Å². The van der Waals surface area contributed by atoms with Crippen LogP contribution in [0.5, 0.6) is 0 Å². The summed E-state index contributed by atoms with van der Waals surface area (Å²) in [7, 11) is 0. The Kier molecular flexibility index (Phi) is 4.48. The molecule has 0 aliphatic heterocycles. The van der Waals surface area contributed by atoms with Crippen molar-refractivity contribution in [3.8, 4) is 0 Å². The minimum absolute atomic E-state index is 0.0212. The van der Waals surface area contributed by atoms with Crippen molar-refractivity contribution in [2.75, 3.05) is 5.73 Å². The molecule has 0 saturated heterocycles. The number of hydrogen-bond acceptors (Lipinski definition) is 3. The number of aryl methyl sites for hydroxylation is 1. The third-order valence-electron chi connectivity index (χ3n) is 3.19. The zero-order valence-corrected chi connectivity index (χ0v) is 12.5. The van der Waals surface area contributed by atoms with Gasteiger partial charge in [0.15, 0.2) is 0 Å². The maximum absolute atomic E-state index is 13.6. The minimum atomic E-state index is -0.641. The van der Waals surface area contributed by atoms with Crippen molar-refractivity contribution in [2.24, 2.45) is 0 Å². The molecule has 21 heavy (non-hydrogen) atoms. The van der Waals surface area contributed by atoms with Gasteiger partial charge in [0.1, 0.15) is 12.4 Å². The van der Waals surface area contributed by atoms with E-state index in [9.17, 15) is 9.18 Å². The number of nitrogen functional groups attached to an aromatic ring is 1. The first kappa shape index (κ1) is 15.3. The summed E-state index contributed by atoms with van der Waals surface area (Å²) in [6, 6.07) is 7.96. The van der Waals surface area contributed by atoms with E-state index in [2.05, 4.69) is 0 Å². The quantitative estimate of drug-likeness (QED) is 0.688. The van der Waals surface area contributed by atoms with Gasteiger partial charge in [0.05, 0.1) is 5.56 Å². The molecule has 0 spiro atoms. The highest BCUT2D eigenvalue weighted by molar-refractivity contribution is 6.31. The highest BCUT2D eigenvalue weighted by Crippen LogP contribution is 2.21. The largest absolute Gasteiger partial charge is 0.457 e. The van der Waals surface area contributed by atoms with E-state index in [1.807, 2.05) is 13.0 Å². The average Bonchev–Trinajstić information content (AvgIpc) is 2.43. The van der Waals surface area contributed by atoms with Crippen LogP contribution in [0.4, 0.5) is 10.1 Å². The summed E-state index contributed by atoms with van der Waals surface area (Å²) in [4.78, 5) is 11.9.